The van der Waals surface area contributed by atoms with Gasteiger partial charge >= 0.3 is 0 Å². The summed E-state index contributed by atoms with van der Waals surface area (Å²) in [5.74, 6) is -0.0913. The highest BCUT2D eigenvalue weighted by Crippen LogP contribution is 2.22. The average Bonchev–Trinajstić information content (AvgIpc) is 2.40. The van der Waals surface area contributed by atoms with E-state index in [4.69, 9.17) is 11.6 Å². The first-order valence-corrected chi connectivity index (χ1v) is 5.86. The van der Waals surface area contributed by atoms with E-state index in [-0.39, 0.29) is 5.75 Å². The molecule has 2 aromatic carbocycles. The molecule has 0 saturated heterocycles. The van der Waals surface area contributed by atoms with Crippen molar-refractivity contribution in [2.24, 2.45) is 0 Å². The fourth-order valence-electron chi connectivity index (χ4n) is 1.83. The summed E-state index contributed by atoms with van der Waals surface area (Å²) in [4.78, 5) is 0. The Morgan fingerprint density at radius 3 is 2.61 bits per heavy atom. The zero-order valence-electron chi connectivity index (χ0n) is 9.38. The van der Waals surface area contributed by atoms with Crippen LogP contribution >= 0.6 is 11.6 Å². The maximum atomic E-state index is 12.0. The molecule has 0 atom stereocenters. The lowest BCUT2D eigenvalue weighted by Crippen LogP contribution is -2.35. The zero-order chi connectivity index (χ0) is 12.5. The number of hydrogen-bond donors (Lipinski definition) is 0. The van der Waals surface area contributed by atoms with Crippen LogP contribution in [0.1, 0.15) is 0 Å². The van der Waals surface area contributed by atoms with Gasteiger partial charge in [-0.3, -0.25) is 0 Å². The summed E-state index contributed by atoms with van der Waals surface area (Å²) in [5.41, 5.74) is 1.49. The molecule has 1 aromatic heterocycles. The molecule has 0 aliphatic rings. The fraction of sp³-hybridized carbons (Fsp3) is 0. The molecule has 88 valence electrons. The summed E-state index contributed by atoms with van der Waals surface area (Å²) in [5, 5.41) is 17.5. The van der Waals surface area contributed by atoms with Crippen molar-refractivity contribution in [2.75, 3.05) is 0 Å². The van der Waals surface area contributed by atoms with Gasteiger partial charge in [0, 0.05) is 27.6 Å². The molecule has 0 radical (unpaired) electrons. The van der Waals surface area contributed by atoms with E-state index in [1.165, 1.54) is 6.20 Å². The maximum absolute atomic E-state index is 12.0. The number of fused-ring (bicyclic) bond motifs is 1. The SMILES string of the molecule is [O-]c1c[n+](-c2ccccc2)nc2ccc(Cl)cc12. The van der Waals surface area contributed by atoms with E-state index < -0.39 is 0 Å². The highest BCUT2D eigenvalue weighted by atomic mass is 35.5. The second kappa shape index (κ2) is 4.27. The first kappa shape index (κ1) is 11.0. The minimum atomic E-state index is -0.0913. The normalized spacial score (nSPS) is 10.7. The van der Waals surface area contributed by atoms with E-state index in [0.717, 1.165) is 5.69 Å². The van der Waals surface area contributed by atoms with Crippen molar-refractivity contribution in [3.05, 3.63) is 59.8 Å². The van der Waals surface area contributed by atoms with E-state index in [2.05, 4.69) is 5.10 Å². The standard InChI is InChI=1S/C14H9ClN2O/c15-10-6-7-13-12(8-10)14(18)9-17(16-13)11-4-2-1-3-5-11/h1-9H. The molecule has 0 spiro atoms. The smallest absolute Gasteiger partial charge is 0.238 e. The van der Waals surface area contributed by atoms with Crippen LogP contribution in [0.5, 0.6) is 5.75 Å². The lowest BCUT2D eigenvalue weighted by Gasteiger charge is -2.07. The van der Waals surface area contributed by atoms with Crippen LogP contribution in [0.15, 0.2) is 54.7 Å². The molecule has 0 unspecified atom stereocenters. The van der Waals surface area contributed by atoms with Gasteiger partial charge in [-0.15, -0.1) is 0 Å². The van der Waals surface area contributed by atoms with Gasteiger partial charge in [-0.05, 0) is 23.9 Å². The third-order valence-corrected chi connectivity index (χ3v) is 2.93. The first-order valence-electron chi connectivity index (χ1n) is 5.49. The van der Waals surface area contributed by atoms with Crippen LogP contribution in [0.2, 0.25) is 5.02 Å². The van der Waals surface area contributed by atoms with E-state index in [1.807, 2.05) is 30.3 Å². The van der Waals surface area contributed by atoms with Crippen molar-refractivity contribution in [1.29, 1.82) is 0 Å². The summed E-state index contributed by atoms with van der Waals surface area (Å²) < 4.78 is 1.58. The summed E-state index contributed by atoms with van der Waals surface area (Å²) in [7, 11) is 0. The lowest BCUT2D eigenvalue weighted by molar-refractivity contribution is -0.659. The Morgan fingerprint density at radius 2 is 1.83 bits per heavy atom. The Balaban J connectivity index is 2.25. The second-order valence-corrected chi connectivity index (χ2v) is 4.37. The van der Waals surface area contributed by atoms with Crippen molar-refractivity contribution >= 4 is 22.5 Å². The Labute approximate surface area is 109 Å². The minimum Gasteiger partial charge on any atom is -0.868 e. The van der Waals surface area contributed by atoms with Crippen molar-refractivity contribution in [1.82, 2.24) is 5.10 Å². The lowest BCUT2D eigenvalue weighted by atomic mass is 10.2. The van der Waals surface area contributed by atoms with Crippen molar-refractivity contribution in [3.8, 4) is 11.4 Å². The molecular formula is C14H9ClN2O. The summed E-state index contributed by atoms with van der Waals surface area (Å²) in [6.45, 7) is 0. The first-order chi connectivity index (χ1) is 8.74. The molecule has 4 heteroatoms. The second-order valence-electron chi connectivity index (χ2n) is 3.93. The summed E-state index contributed by atoms with van der Waals surface area (Å²) in [6.07, 6.45) is 1.47. The summed E-state index contributed by atoms with van der Waals surface area (Å²) in [6, 6.07) is 14.6. The molecule has 3 aromatic rings. The molecule has 0 N–H and O–H groups in total. The van der Waals surface area contributed by atoms with Gasteiger partial charge in [0.25, 0.3) is 0 Å². The van der Waals surface area contributed by atoms with Crippen LogP contribution in [0.25, 0.3) is 16.6 Å². The van der Waals surface area contributed by atoms with E-state index in [0.29, 0.717) is 15.9 Å². The van der Waals surface area contributed by atoms with Crippen LogP contribution < -0.4 is 9.79 Å². The van der Waals surface area contributed by atoms with Gasteiger partial charge in [-0.25, -0.2) is 0 Å². The van der Waals surface area contributed by atoms with Crippen LogP contribution in [0.3, 0.4) is 0 Å². The Kier molecular flexibility index (Phi) is 2.61. The molecule has 0 bridgehead atoms. The Bertz CT molecular complexity index is 714. The fourth-order valence-corrected chi connectivity index (χ4v) is 2.00. The van der Waals surface area contributed by atoms with Crippen molar-refractivity contribution in [3.63, 3.8) is 0 Å². The van der Waals surface area contributed by atoms with Gasteiger partial charge in [-0.1, -0.05) is 34.5 Å². The van der Waals surface area contributed by atoms with Gasteiger partial charge in [0.05, 0.1) is 0 Å². The van der Waals surface area contributed by atoms with Gasteiger partial charge in [0.15, 0.2) is 6.20 Å². The Hall–Kier alpha value is -2.13. The molecular weight excluding hydrogens is 248 g/mol. The molecule has 1 heterocycles. The van der Waals surface area contributed by atoms with Gasteiger partial charge < -0.3 is 5.11 Å². The summed E-state index contributed by atoms with van der Waals surface area (Å²) >= 11 is 5.87. The molecule has 3 rings (SSSR count). The number of aromatic nitrogens is 2. The number of benzene rings is 2. The average molecular weight is 257 g/mol. The predicted octanol–water partition coefficient (Wildman–Crippen LogP) is 2.24. The van der Waals surface area contributed by atoms with E-state index >= 15 is 0 Å². The number of halogens is 1. The van der Waals surface area contributed by atoms with Crippen molar-refractivity contribution in [2.45, 2.75) is 0 Å². The van der Waals surface area contributed by atoms with Gasteiger partial charge in [0.1, 0.15) is 5.52 Å². The molecule has 18 heavy (non-hydrogen) atoms. The van der Waals surface area contributed by atoms with Crippen LogP contribution in [-0.4, -0.2) is 5.10 Å². The quantitative estimate of drug-likeness (QED) is 0.627. The predicted molar refractivity (Wildman–Crippen MR) is 67.7 cm³/mol. The van der Waals surface area contributed by atoms with Crippen LogP contribution in [-0.2, 0) is 0 Å². The van der Waals surface area contributed by atoms with Crippen LogP contribution in [0, 0.1) is 0 Å². The van der Waals surface area contributed by atoms with Gasteiger partial charge in [0.2, 0.25) is 5.69 Å². The van der Waals surface area contributed by atoms with E-state index in [1.54, 1.807) is 22.9 Å². The molecule has 3 nitrogen and oxygen atoms in total. The number of rotatable bonds is 1. The minimum absolute atomic E-state index is 0.0913. The molecule has 0 aliphatic heterocycles. The molecule has 0 amide bonds. The topological polar surface area (TPSA) is 39.8 Å². The molecule has 0 fully saturated rings. The molecule has 0 aliphatic carbocycles. The number of para-hydroxylation sites is 1. The van der Waals surface area contributed by atoms with Gasteiger partial charge in [-0.2, -0.15) is 0 Å². The van der Waals surface area contributed by atoms with Crippen LogP contribution in [0.4, 0.5) is 0 Å². The Morgan fingerprint density at radius 1 is 1.06 bits per heavy atom. The zero-order valence-corrected chi connectivity index (χ0v) is 10.1. The number of hydrogen-bond acceptors (Lipinski definition) is 2. The maximum Gasteiger partial charge on any atom is 0.238 e. The molecule has 0 saturated carbocycles. The monoisotopic (exact) mass is 256 g/mol. The number of nitrogens with zero attached hydrogens (tertiary/aromatic N) is 2. The highest BCUT2D eigenvalue weighted by molar-refractivity contribution is 6.31. The third-order valence-electron chi connectivity index (χ3n) is 2.70. The third kappa shape index (κ3) is 1.89. The van der Waals surface area contributed by atoms with Crippen molar-refractivity contribution < 1.29 is 9.79 Å². The van der Waals surface area contributed by atoms with E-state index in [9.17, 15) is 5.11 Å². The highest BCUT2D eigenvalue weighted by Gasteiger charge is 2.09. The largest absolute Gasteiger partial charge is 0.868 e.